The molecule has 2 rings (SSSR count). The molecule has 0 spiro atoms. The lowest BCUT2D eigenvalue weighted by Crippen LogP contribution is -2.47. The number of hydrogen-bond donors (Lipinski definition) is 2. The Bertz CT molecular complexity index is 336. The summed E-state index contributed by atoms with van der Waals surface area (Å²) in [5.74, 6) is 0.287. The van der Waals surface area contributed by atoms with E-state index in [2.05, 4.69) is 17.3 Å². The number of nitrogens with one attached hydrogen (secondary N) is 1. The maximum atomic E-state index is 10.7. The van der Waals surface area contributed by atoms with Gasteiger partial charge >= 0.3 is 0 Å². The van der Waals surface area contributed by atoms with E-state index < -0.39 is 5.60 Å². The van der Waals surface area contributed by atoms with Crippen molar-refractivity contribution in [1.82, 2.24) is 15.1 Å². The summed E-state index contributed by atoms with van der Waals surface area (Å²) in [5, 5.41) is 18.2. The minimum absolute atomic E-state index is 0.287. The highest BCUT2D eigenvalue weighted by molar-refractivity contribution is 5.18. The maximum absolute atomic E-state index is 10.7. The molecule has 1 aromatic heterocycles. The van der Waals surface area contributed by atoms with E-state index in [1.54, 1.807) is 10.9 Å². The lowest BCUT2D eigenvalue weighted by atomic mass is 9.76. The number of piperidine rings is 1. The number of rotatable bonds is 2. The maximum Gasteiger partial charge on any atom is 0.0978 e. The van der Waals surface area contributed by atoms with Crippen molar-refractivity contribution in [3.8, 4) is 0 Å². The van der Waals surface area contributed by atoms with Crippen molar-refractivity contribution in [2.24, 2.45) is 13.0 Å². The molecule has 2 unspecified atom stereocenters. The van der Waals surface area contributed by atoms with E-state index in [4.69, 9.17) is 0 Å². The van der Waals surface area contributed by atoms with Gasteiger partial charge in [0.05, 0.1) is 11.8 Å². The lowest BCUT2D eigenvalue weighted by Gasteiger charge is -2.39. The Morgan fingerprint density at radius 3 is 3.13 bits per heavy atom. The van der Waals surface area contributed by atoms with E-state index in [1.807, 2.05) is 13.2 Å². The summed E-state index contributed by atoms with van der Waals surface area (Å²) in [6.07, 6.45) is 5.47. The van der Waals surface area contributed by atoms with Crippen molar-refractivity contribution in [2.45, 2.75) is 25.4 Å². The first-order chi connectivity index (χ1) is 7.16. The van der Waals surface area contributed by atoms with Crippen molar-refractivity contribution in [2.75, 3.05) is 13.1 Å². The van der Waals surface area contributed by atoms with Crippen LogP contribution in [0, 0.1) is 5.92 Å². The van der Waals surface area contributed by atoms with Gasteiger partial charge in [-0.1, -0.05) is 6.92 Å². The number of hydrogen-bond acceptors (Lipinski definition) is 3. The minimum Gasteiger partial charge on any atom is -0.385 e. The molecule has 0 saturated carbocycles. The van der Waals surface area contributed by atoms with Crippen LogP contribution in [0.2, 0.25) is 0 Å². The molecular weight excluding hydrogens is 190 g/mol. The molecule has 1 saturated heterocycles. The summed E-state index contributed by atoms with van der Waals surface area (Å²) in [5.41, 5.74) is 0.271. The van der Waals surface area contributed by atoms with Gasteiger partial charge in [0, 0.05) is 31.3 Å². The van der Waals surface area contributed by atoms with Crippen LogP contribution in [-0.2, 0) is 12.6 Å². The molecular formula is C11H19N3O. The third-order valence-corrected chi connectivity index (χ3v) is 3.45. The van der Waals surface area contributed by atoms with E-state index >= 15 is 0 Å². The third kappa shape index (κ3) is 1.79. The second-order valence-corrected chi connectivity index (χ2v) is 4.39. The highest BCUT2D eigenvalue weighted by Gasteiger charge is 2.40. The molecule has 4 heteroatoms. The van der Waals surface area contributed by atoms with E-state index in [1.165, 1.54) is 0 Å². The monoisotopic (exact) mass is 209 g/mol. The number of nitrogens with zero attached hydrogens (tertiary/aromatic N) is 2. The number of aryl methyl sites for hydroxylation is 1. The van der Waals surface area contributed by atoms with Crippen molar-refractivity contribution in [3.05, 3.63) is 18.0 Å². The first-order valence-corrected chi connectivity index (χ1v) is 5.59. The number of aromatic nitrogens is 2. The Balaban J connectivity index is 2.29. The molecule has 4 nitrogen and oxygen atoms in total. The molecule has 84 valence electrons. The molecule has 2 atom stereocenters. The molecule has 0 amide bonds. The summed E-state index contributed by atoms with van der Waals surface area (Å²) in [6, 6.07) is 0. The lowest BCUT2D eigenvalue weighted by molar-refractivity contribution is -0.0479. The fraction of sp³-hybridized carbons (Fsp3) is 0.727. The molecule has 0 bridgehead atoms. The Labute approximate surface area is 90.3 Å². The van der Waals surface area contributed by atoms with Crippen LogP contribution >= 0.6 is 0 Å². The van der Waals surface area contributed by atoms with Crippen LogP contribution in [0.1, 0.15) is 25.3 Å². The normalized spacial score (nSPS) is 31.8. The smallest absolute Gasteiger partial charge is 0.0978 e. The predicted octanol–water partition coefficient (Wildman–Crippen LogP) is 0.627. The highest BCUT2D eigenvalue weighted by Crippen LogP contribution is 2.36. The number of aliphatic hydroxyl groups is 1. The Morgan fingerprint density at radius 1 is 1.73 bits per heavy atom. The third-order valence-electron chi connectivity index (χ3n) is 3.45. The first kappa shape index (κ1) is 10.6. The summed E-state index contributed by atoms with van der Waals surface area (Å²) in [7, 11) is 1.88. The van der Waals surface area contributed by atoms with Crippen molar-refractivity contribution < 1.29 is 5.11 Å². The van der Waals surface area contributed by atoms with Crippen LogP contribution in [0.3, 0.4) is 0 Å². The topological polar surface area (TPSA) is 50.1 Å². The molecule has 15 heavy (non-hydrogen) atoms. The van der Waals surface area contributed by atoms with Gasteiger partial charge in [-0.2, -0.15) is 5.10 Å². The zero-order chi connectivity index (χ0) is 10.9. The van der Waals surface area contributed by atoms with Crippen LogP contribution in [0.15, 0.2) is 12.4 Å². The van der Waals surface area contributed by atoms with Gasteiger partial charge in [-0.15, -0.1) is 0 Å². The van der Waals surface area contributed by atoms with Crippen LogP contribution in [0.4, 0.5) is 0 Å². The van der Waals surface area contributed by atoms with E-state index in [-0.39, 0.29) is 5.92 Å². The van der Waals surface area contributed by atoms with E-state index in [0.29, 0.717) is 0 Å². The molecule has 1 fully saturated rings. The molecule has 2 heterocycles. The summed E-state index contributed by atoms with van der Waals surface area (Å²) in [4.78, 5) is 0. The molecule has 2 N–H and O–H groups in total. The standard InChI is InChI=1S/C11H19N3O/c1-3-9-6-12-5-4-11(9,15)10-7-13-14(2)8-10/h7-9,12,15H,3-6H2,1-2H3. The fourth-order valence-electron chi connectivity index (χ4n) is 2.44. The Kier molecular flexibility index (Phi) is 2.80. The summed E-state index contributed by atoms with van der Waals surface area (Å²) in [6.45, 7) is 3.89. The zero-order valence-electron chi connectivity index (χ0n) is 9.40. The van der Waals surface area contributed by atoms with Crippen LogP contribution in [0.5, 0.6) is 0 Å². The van der Waals surface area contributed by atoms with E-state index in [9.17, 15) is 5.11 Å². The van der Waals surface area contributed by atoms with Gasteiger partial charge in [-0.25, -0.2) is 0 Å². The fourth-order valence-corrected chi connectivity index (χ4v) is 2.44. The van der Waals surface area contributed by atoms with Crippen molar-refractivity contribution in [1.29, 1.82) is 0 Å². The van der Waals surface area contributed by atoms with Crippen molar-refractivity contribution >= 4 is 0 Å². The van der Waals surface area contributed by atoms with Crippen molar-refractivity contribution in [3.63, 3.8) is 0 Å². The SMILES string of the molecule is CCC1CNCCC1(O)c1cnn(C)c1. The van der Waals surface area contributed by atoms with Crippen LogP contribution in [-0.4, -0.2) is 28.0 Å². The predicted molar refractivity (Wildman–Crippen MR) is 58.4 cm³/mol. The van der Waals surface area contributed by atoms with Gasteiger partial charge in [-0.3, -0.25) is 4.68 Å². The van der Waals surface area contributed by atoms with Gasteiger partial charge in [0.15, 0.2) is 0 Å². The van der Waals surface area contributed by atoms with Gasteiger partial charge in [0.2, 0.25) is 0 Å². The average Bonchev–Trinajstić information content (AvgIpc) is 2.66. The quantitative estimate of drug-likeness (QED) is 0.751. The zero-order valence-corrected chi connectivity index (χ0v) is 9.40. The molecule has 0 radical (unpaired) electrons. The van der Waals surface area contributed by atoms with Crippen LogP contribution in [0.25, 0.3) is 0 Å². The minimum atomic E-state index is -0.686. The van der Waals surface area contributed by atoms with Gasteiger partial charge < -0.3 is 10.4 Å². The Hall–Kier alpha value is -0.870. The molecule has 1 aliphatic heterocycles. The van der Waals surface area contributed by atoms with Gasteiger partial charge in [0.1, 0.15) is 0 Å². The summed E-state index contributed by atoms with van der Waals surface area (Å²) < 4.78 is 1.75. The molecule has 0 aromatic carbocycles. The average molecular weight is 209 g/mol. The molecule has 1 aromatic rings. The van der Waals surface area contributed by atoms with Gasteiger partial charge in [-0.05, 0) is 19.4 Å². The van der Waals surface area contributed by atoms with Crippen LogP contribution < -0.4 is 5.32 Å². The molecule has 0 aliphatic carbocycles. The van der Waals surface area contributed by atoms with Gasteiger partial charge in [0.25, 0.3) is 0 Å². The second kappa shape index (κ2) is 3.94. The summed E-state index contributed by atoms with van der Waals surface area (Å²) >= 11 is 0. The van der Waals surface area contributed by atoms with E-state index in [0.717, 1.165) is 31.5 Å². The molecule has 1 aliphatic rings. The Morgan fingerprint density at radius 2 is 2.53 bits per heavy atom. The first-order valence-electron chi connectivity index (χ1n) is 5.59. The second-order valence-electron chi connectivity index (χ2n) is 4.39. The highest BCUT2D eigenvalue weighted by atomic mass is 16.3. The largest absolute Gasteiger partial charge is 0.385 e.